The van der Waals surface area contributed by atoms with E-state index < -0.39 is 11.5 Å². The van der Waals surface area contributed by atoms with Gasteiger partial charge in [0.2, 0.25) is 5.95 Å². The Balaban J connectivity index is 1.63. The van der Waals surface area contributed by atoms with Crippen molar-refractivity contribution < 1.29 is 18.7 Å². The zero-order chi connectivity index (χ0) is 17.8. The number of nitrogens with zero attached hydrogens (tertiary/aromatic N) is 2. The monoisotopic (exact) mass is 341 g/mol. The van der Waals surface area contributed by atoms with Gasteiger partial charge in [0.1, 0.15) is 11.4 Å². The first-order chi connectivity index (χ1) is 11.9. The number of ether oxygens (including phenoxy) is 1. The van der Waals surface area contributed by atoms with Crippen molar-refractivity contribution in [2.24, 2.45) is 0 Å². The molecule has 2 aliphatic rings. The van der Waals surface area contributed by atoms with Crippen LogP contribution in [0, 0.1) is 6.92 Å². The van der Waals surface area contributed by atoms with Crippen LogP contribution in [-0.2, 0) is 23.4 Å². The van der Waals surface area contributed by atoms with Gasteiger partial charge in [-0.25, -0.2) is 9.97 Å². The topological polar surface area (TPSA) is 94.3 Å². The van der Waals surface area contributed by atoms with Gasteiger partial charge in [-0.15, -0.1) is 0 Å². The number of fused-ring (bicyclic) bond motifs is 2. The van der Waals surface area contributed by atoms with Crippen molar-refractivity contribution in [3.8, 4) is 0 Å². The predicted molar refractivity (Wildman–Crippen MR) is 88.5 cm³/mol. The molecule has 1 aliphatic carbocycles. The van der Waals surface area contributed by atoms with Gasteiger partial charge >= 0.3 is 0 Å². The first-order valence-electron chi connectivity index (χ1n) is 8.34. The Labute approximate surface area is 144 Å². The molecule has 2 aromatic heterocycles. The van der Waals surface area contributed by atoms with Gasteiger partial charge in [0.15, 0.2) is 11.5 Å². The van der Waals surface area contributed by atoms with Crippen molar-refractivity contribution in [3.63, 3.8) is 0 Å². The van der Waals surface area contributed by atoms with Gasteiger partial charge in [0, 0.05) is 30.2 Å². The minimum Gasteiger partial charge on any atom is -0.455 e. The number of ketones is 1. The van der Waals surface area contributed by atoms with Crippen LogP contribution in [0.2, 0.25) is 0 Å². The summed E-state index contributed by atoms with van der Waals surface area (Å²) >= 11 is 0. The maximum atomic E-state index is 12.6. The summed E-state index contributed by atoms with van der Waals surface area (Å²) in [5.41, 5.74) is 2.31. The zero-order valence-corrected chi connectivity index (χ0v) is 14.4. The second kappa shape index (κ2) is 5.49. The van der Waals surface area contributed by atoms with Crippen LogP contribution in [-0.4, -0.2) is 21.7 Å². The minimum absolute atomic E-state index is 0.0363. The molecule has 7 heteroatoms. The van der Waals surface area contributed by atoms with E-state index in [4.69, 9.17) is 9.15 Å². The number of anilines is 1. The molecule has 0 atom stereocenters. The van der Waals surface area contributed by atoms with E-state index in [9.17, 15) is 9.59 Å². The van der Waals surface area contributed by atoms with Crippen LogP contribution in [0.15, 0.2) is 10.6 Å². The van der Waals surface area contributed by atoms with Crippen molar-refractivity contribution in [1.82, 2.24) is 9.97 Å². The number of aryl methyl sites for hydroxylation is 1. The molecule has 3 heterocycles. The number of furan rings is 1. The Kier molecular flexibility index (Phi) is 3.50. The Morgan fingerprint density at radius 1 is 1.32 bits per heavy atom. The van der Waals surface area contributed by atoms with Gasteiger partial charge in [-0.05, 0) is 27.2 Å². The number of hydrogen-bond acceptors (Lipinski definition) is 6. The smallest absolute Gasteiger partial charge is 0.294 e. The summed E-state index contributed by atoms with van der Waals surface area (Å²) in [5, 5.41) is 2.67. The van der Waals surface area contributed by atoms with Crippen LogP contribution < -0.4 is 5.32 Å². The third kappa shape index (κ3) is 2.55. The quantitative estimate of drug-likeness (QED) is 0.902. The van der Waals surface area contributed by atoms with Gasteiger partial charge in [-0.2, -0.15) is 0 Å². The number of Topliss-reactive ketones (excluding diaryl/α,β-unsaturated/α-hetero) is 1. The molecule has 1 amide bonds. The first-order valence-corrected chi connectivity index (χ1v) is 8.34. The lowest BCUT2D eigenvalue weighted by atomic mass is 9.94. The normalized spacial score (nSPS) is 18.0. The highest BCUT2D eigenvalue weighted by Gasteiger charge is 2.34. The molecule has 2 aromatic rings. The molecule has 4 rings (SSSR count). The van der Waals surface area contributed by atoms with Gasteiger partial charge < -0.3 is 9.15 Å². The average molecular weight is 341 g/mol. The molecule has 130 valence electrons. The molecular formula is C18H19N3O4. The van der Waals surface area contributed by atoms with E-state index in [1.165, 1.54) is 0 Å². The molecule has 1 N–H and O–H groups in total. The number of carbonyl (C=O) groups excluding carboxylic acids is 2. The lowest BCUT2D eigenvalue weighted by Gasteiger charge is -2.17. The number of rotatable bonds is 2. The number of hydrogen-bond donors (Lipinski definition) is 1. The van der Waals surface area contributed by atoms with E-state index >= 15 is 0 Å². The summed E-state index contributed by atoms with van der Waals surface area (Å²) in [6, 6.07) is 0. The summed E-state index contributed by atoms with van der Waals surface area (Å²) < 4.78 is 11.3. The molecule has 0 saturated heterocycles. The Bertz CT molecular complexity index is 898. The summed E-state index contributed by atoms with van der Waals surface area (Å²) in [6.07, 6.45) is 3.59. The van der Waals surface area contributed by atoms with Crippen molar-refractivity contribution in [1.29, 1.82) is 0 Å². The summed E-state index contributed by atoms with van der Waals surface area (Å²) in [5.74, 6) is 0.538. The molecular weight excluding hydrogens is 322 g/mol. The predicted octanol–water partition coefficient (Wildman–Crippen LogP) is 2.91. The Hall–Kier alpha value is -2.54. The summed E-state index contributed by atoms with van der Waals surface area (Å²) in [7, 11) is 0. The second-order valence-electron chi connectivity index (χ2n) is 6.95. The maximum Gasteiger partial charge on any atom is 0.294 e. The summed E-state index contributed by atoms with van der Waals surface area (Å²) in [4.78, 5) is 33.3. The van der Waals surface area contributed by atoms with Crippen molar-refractivity contribution >= 4 is 17.6 Å². The number of nitrogens with one attached hydrogen (secondary N) is 1. The highest BCUT2D eigenvalue weighted by Crippen LogP contribution is 2.34. The fraction of sp³-hybridized carbons (Fsp3) is 0.444. The lowest BCUT2D eigenvalue weighted by molar-refractivity contribution is -0.0100. The van der Waals surface area contributed by atoms with Gasteiger partial charge in [0.05, 0.1) is 17.9 Å². The molecule has 7 nitrogen and oxygen atoms in total. The zero-order valence-electron chi connectivity index (χ0n) is 14.4. The van der Waals surface area contributed by atoms with Crippen LogP contribution >= 0.6 is 0 Å². The van der Waals surface area contributed by atoms with E-state index in [1.807, 2.05) is 13.8 Å². The molecule has 0 spiro atoms. The van der Waals surface area contributed by atoms with Crippen LogP contribution in [0.5, 0.6) is 0 Å². The average Bonchev–Trinajstić information content (AvgIpc) is 3.06. The van der Waals surface area contributed by atoms with Crippen LogP contribution in [0.25, 0.3) is 0 Å². The van der Waals surface area contributed by atoms with Crippen molar-refractivity contribution in [2.75, 3.05) is 5.32 Å². The van der Waals surface area contributed by atoms with E-state index in [2.05, 4.69) is 15.3 Å². The molecule has 0 saturated carbocycles. The minimum atomic E-state index is -0.510. The molecule has 1 aliphatic heterocycles. The van der Waals surface area contributed by atoms with E-state index in [0.29, 0.717) is 36.3 Å². The highest BCUT2D eigenvalue weighted by atomic mass is 16.5. The molecule has 0 radical (unpaired) electrons. The van der Waals surface area contributed by atoms with Gasteiger partial charge in [0.25, 0.3) is 5.91 Å². The van der Waals surface area contributed by atoms with E-state index in [1.54, 1.807) is 13.1 Å². The molecule has 25 heavy (non-hydrogen) atoms. The lowest BCUT2D eigenvalue weighted by Crippen LogP contribution is -2.19. The molecule has 0 fully saturated rings. The van der Waals surface area contributed by atoms with Gasteiger partial charge in [-0.1, -0.05) is 0 Å². The molecule has 0 bridgehead atoms. The SMILES string of the molecule is Cc1c(C(=O)Nc2ncc3c(n2)C(C)(C)OC3)oc2c1C(=O)CCC2. The van der Waals surface area contributed by atoms with Crippen LogP contribution in [0.1, 0.15) is 70.2 Å². The summed E-state index contributed by atoms with van der Waals surface area (Å²) in [6.45, 7) is 6.05. The molecule has 0 aromatic carbocycles. The molecule has 0 unspecified atom stereocenters. The van der Waals surface area contributed by atoms with E-state index in [0.717, 1.165) is 17.7 Å². The van der Waals surface area contributed by atoms with E-state index in [-0.39, 0.29) is 17.5 Å². The first kappa shape index (κ1) is 16.0. The fourth-order valence-electron chi connectivity index (χ4n) is 3.44. The van der Waals surface area contributed by atoms with Gasteiger partial charge in [-0.3, -0.25) is 14.9 Å². The largest absolute Gasteiger partial charge is 0.455 e. The number of amides is 1. The Morgan fingerprint density at radius 3 is 2.88 bits per heavy atom. The van der Waals surface area contributed by atoms with Crippen molar-refractivity contribution in [2.45, 2.75) is 52.2 Å². The Morgan fingerprint density at radius 2 is 2.12 bits per heavy atom. The second-order valence-corrected chi connectivity index (χ2v) is 6.95. The highest BCUT2D eigenvalue weighted by molar-refractivity contribution is 6.07. The third-order valence-electron chi connectivity index (χ3n) is 4.76. The standard InChI is InChI=1S/C18H19N3O4/c1-9-13-11(22)5-4-6-12(13)25-14(9)16(23)21-17-19-7-10-8-24-18(2,3)15(10)20-17/h7H,4-6,8H2,1-3H3,(H,19,20,21,23). The maximum absolute atomic E-state index is 12.6. The van der Waals surface area contributed by atoms with Crippen LogP contribution in [0.4, 0.5) is 5.95 Å². The fourth-order valence-corrected chi connectivity index (χ4v) is 3.44. The van der Waals surface area contributed by atoms with Crippen molar-refractivity contribution in [3.05, 3.63) is 40.1 Å². The van der Waals surface area contributed by atoms with Crippen LogP contribution in [0.3, 0.4) is 0 Å². The third-order valence-corrected chi connectivity index (χ3v) is 4.76. The number of carbonyl (C=O) groups is 2. The number of aromatic nitrogens is 2.